The number of aliphatic hydroxyl groups excluding tert-OH is 1. The number of para-hydroxylation sites is 3. The lowest BCUT2D eigenvalue weighted by Gasteiger charge is -2.16. The first-order chi connectivity index (χ1) is 14.3. The van der Waals surface area contributed by atoms with Gasteiger partial charge in [-0.3, -0.25) is 4.79 Å². The molecule has 3 rings (SSSR count). The third-order valence-electron chi connectivity index (χ3n) is 5.09. The molecule has 0 aliphatic rings. The molecule has 7 nitrogen and oxygen atoms in total. The van der Waals surface area contributed by atoms with Crippen molar-refractivity contribution in [3.05, 3.63) is 65.2 Å². The van der Waals surface area contributed by atoms with Crippen LogP contribution in [-0.2, 0) is 11.8 Å². The predicted molar refractivity (Wildman–Crippen MR) is 117 cm³/mol. The van der Waals surface area contributed by atoms with Gasteiger partial charge in [0, 0.05) is 12.7 Å². The van der Waals surface area contributed by atoms with E-state index in [0.717, 1.165) is 32.7 Å². The van der Waals surface area contributed by atoms with Crippen LogP contribution in [0.2, 0.25) is 0 Å². The van der Waals surface area contributed by atoms with Crippen LogP contribution in [0, 0.1) is 25.2 Å². The number of nitrogens with zero attached hydrogens (tertiary/aromatic N) is 3. The number of nitriles is 1. The lowest BCUT2D eigenvalue weighted by atomic mass is 10.1. The van der Waals surface area contributed by atoms with E-state index < -0.39 is 0 Å². The summed E-state index contributed by atoms with van der Waals surface area (Å²) >= 11 is 0. The van der Waals surface area contributed by atoms with E-state index in [1.807, 2.05) is 63.4 Å². The molecule has 1 aromatic heterocycles. The summed E-state index contributed by atoms with van der Waals surface area (Å²) in [5, 5.41) is 23.2. The smallest absolute Gasteiger partial charge is 0.279 e. The number of carbonyl (C=O) groups is 1. The number of nitrogens with one attached hydrogen (secondary N) is 2. The van der Waals surface area contributed by atoms with Crippen molar-refractivity contribution in [2.75, 3.05) is 25.5 Å². The second kappa shape index (κ2) is 8.80. The molecule has 1 atom stereocenters. The van der Waals surface area contributed by atoms with Crippen LogP contribution < -0.4 is 10.2 Å². The molecule has 1 amide bonds. The van der Waals surface area contributed by atoms with Crippen LogP contribution in [0.5, 0.6) is 0 Å². The van der Waals surface area contributed by atoms with E-state index >= 15 is 0 Å². The van der Waals surface area contributed by atoms with Gasteiger partial charge in [-0.05, 0) is 37.1 Å². The number of allylic oxidation sites excluding steroid dienone is 1. The minimum Gasteiger partial charge on any atom is -0.506 e. The van der Waals surface area contributed by atoms with Gasteiger partial charge < -0.3 is 19.9 Å². The molecule has 0 saturated heterocycles. The molecule has 0 fully saturated rings. The molecule has 2 aromatic carbocycles. The molecule has 0 spiro atoms. The number of hydrogen-bond donors (Lipinski definition) is 3. The number of aliphatic hydroxyl groups is 1. The van der Waals surface area contributed by atoms with Crippen molar-refractivity contribution in [3.8, 4) is 6.07 Å². The van der Waals surface area contributed by atoms with E-state index in [1.54, 1.807) is 11.6 Å². The summed E-state index contributed by atoms with van der Waals surface area (Å²) < 4.78 is 1.78. The maximum absolute atomic E-state index is 12.5. The summed E-state index contributed by atoms with van der Waals surface area (Å²) in [6.45, 7) is 4.18. The second-order valence-corrected chi connectivity index (χ2v) is 7.54. The van der Waals surface area contributed by atoms with E-state index in [-0.39, 0.29) is 30.3 Å². The molecular weight excluding hydrogens is 378 g/mol. The Kier molecular flexibility index (Phi) is 6.19. The first-order valence-corrected chi connectivity index (χ1v) is 9.73. The summed E-state index contributed by atoms with van der Waals surface area (Å²) in [5.41, 5.74) is 4.55. The van der Waals surface area contributed by atoms with Crippen molar-refractivity contribution in [1.82, 2.24) is 9.55 Å². The van der Waals surface area contributed by atoms with Gasteiger partial charge in [0.15, 0.2) is 18.1 Å². The normalized spacial score (nSPS) is 12.9. The van der Waals surface area contributed by atoms with Gasteiger partial charge in [0.05, 0.1) is 18.1 Å². The summed E-state index contributed by atoms with van der Waals surface area (Å²) in [4.78, 5) is 17.7. The molecule has 0 saturated carbocycles. The Morgan fingerprint density at radius 1 is 1.17 bits per heavy atom. The highest BCUT2D eigenvalue weighted by Crippen LogP contribution is 2.21. The topological polar surface area (TPSA) is 95.4 Å². The van der Waals surface area contributed by atoms with Crippen molar-refractivity contribution in [3.63, 3.8) is 0 Å². The minimum absolute atomic E-state index is 0.0896. The van der Waals surface area contributed by atoms with Crippen molar-refractivity contribution in [2.45, 2.75) is 13.8 Å². The first kappa shape index (κ1) is 21.1. The molecule has 3 N–H and O–H groups in total. The van der Waals surface area contributed by atoms with Crippen LogP contribution in [0.1, 0.15) is 17.0 Å². The zero-order valence-corrected chi connectivity index (χ0v) is 17.7. The van der Waals surface area contributed by atoms with Crippen molar-refractivity contribution < 1.29 is 14.8 Å². The number of aryl methyl sites for hydroxylation is 3. The second-order valence-electron chi connectivity index (χ2n) is 7.54. The fourth-order valence-corrected chi connectivity index (χ4v) is 3.52. The lowest BCUT2D eigenvalue weighted by molar-refractivity contribution is -0.867. The predicted octanol–water partition coefficient (Wildman–Crippen LogP) is 2.14. The number of imidazole rings is 1. The molecule has 154 valence electrons. The van der Waals surface area contributed by atoms with E-state index in [0.29, 0.717) is 5.82 Å². The molecule has 0 radical (unpaired) electrons. The molecule has 0 aliphatic carbocycles. The Labute approximate surface area is 175 Å². The summed E-state index contributed by atoms with van der Waals surface area (Å²) in [7, 11) is 3.61. The Hall–Kier alpha value is -3.63. The zero-order chi connectivity index (χ0) is 21.8. The Morgan fingerprint density at radius 2 is 1.83 bits per heavy atom. The molecule has 1 heterocycles. The average Bonchev–Trinajstić information content (AvgIpc) is 3.02. The number of quaternary nitrogens is 1. The van der Waals surface area contributed by atoms with Crippen LogP contribution in [0.4, 0.5) is 5.69 Å². The molecule has 0 aliphatic heterocycles. The monoisotopic (exact) mass is 404 g/mol. The number of carbonyl (C=O) groups excluding carboxylic acids is 1. The van der Waals surface area contributed by atoms with Crippen molar-refractivity contribution in [2.24, 2.45) is 7.05 Å². The molecule has 3 aromatic rings. The molecular formula is C23H26N5O2+. The van der Waals surface area contributed by atoms with Crippen LogP contribution in [-0.4, -0.2) is 40.7 Å². The van der Waals surface area contributed by atoms with Gasteiger partial charge in [0.25, 0.3) is 5.91 Å². The number of fused-ring (bicyclic) bond motifs is 1. The molecule has 1 unspecified atom stereocenters. The standard InChI is InChI=1S/C23H25N5O2/c1-15-8-7-9-16(2)22(15)26-21(30)14-27(3)13-20(29)17(12-24)23-25-18-10-5-6-11-19(18)28(23)4/h5-11,29H,13-14H2,1-4H3,(H,26,30)/p+1/b20-17-. The summed E-state index contributed by atoms with van der Waals surface area (Å²) in [6.07, 6.45) is 0. The fraction of sp³-hybridized carbons (Fsp3) is 0.261. The summed E-state index contributed by atoms with van der Waals surface area (Å²) in [5.74, 6) is 0.163. The van der Waals surface area contributed by atoms with E-state index in [1.165, 1.54) is 0 Å². The van der Waals surface area contributed by atoms with Gasteiger partial charge in [0.1, 0.15) is 18.2 Å². The van der Waals surface area contributed by atoms with Crippen LogP contribution in [0.15, 0.2) is 48.2 Å². The number of likely N-dealkylation sites (N-methyl/N-ethyl adjacent to an activating group) is 1. The number of anilines is 1. The van der Waals surface area contributed by atoms with E-state index in [4.69, 9.17) is 0 Å². The first-order valence-electron chi connectivity index (χ1n) is 9.73. The number of amides is 1. The fourth-order valence-electron chi connectivity index (χ4n) is 3.52. The number of rotatable bonds is 6. The molecule has 30 heavy (non-hydrogen) atoms. The third-order valence-corrected chi connectivity index (χ3v) is 5.09. The Balaban J connectivity index is 1.75. The van der Waals surface area contributed by atoms with Crippen molar-refractivity contribution in [1.29, 1.82) is 5.26 Å². The molecule has 0 bridgehead atoms. The van der Waals surface area contributed by atoms with Gasteiger partial charge >= 0.3 is 0 Å². The van der Waals surface area contributed by atoms with Gasteiger partial charge in [-0.15, -0.1) is 0 Å². The molecule has 7 heteroatoms. The van der Waals surface area contributed by atoms with E-state index in [9.17, 15) is 15.2 Å². The average molecular weight is 404 g/mol. The highest BCUT2D eigenvalue weighted by Gasteiger charge is 2.20. The minimum atomic E-state index is -0.154. The quantitative estimate of drug-likeness (QED) is 0.433. The van der Waals surface area contributed by atoms with Crippen LogP contribution >= 0.6 is 0 Å². The highest BCUT2D eigenvalue weighted by atomic mass is 16.3. The van der Waals surface area contributed by atoms with Gasteiger partial charge in [-0.25, -0.2) is 4.98 Å². The van der Waals surface area contributed by atoms with E-state index in [2.05, 4.69) is 16.4 Å². The number of hydrogen-bond acceptors (Lipinski definition) is 4. The SMILES string of the molecule is Cc1cccc(C)c1NC(=O)C[NH+](C)C/C(O)=C(\C#N)c1nc2ccccc2n1C. The maximum atomic E-state index is 12.5. The maximum Gasteiger partial charge on any atom is 0.279 e. The van der Waals surface area contributed by atoms with Gasteiger partial charge in [-0.2, -0.15) is 5.26 Å². The van der Waals surface area contributed by atoms with Crippen LogP contribution in [0.25, 0.3) is 16.6 Å². The third kappa shape index (κ3) is 4.34. The van der Waals surface area contributed by atoms with Gasteiger partial charge in [0.2, 0.25) is 0 Å². The Bertz CT molecular complexity index is 1150. The van der Waals surface area contributed by atoms with Crippen molar-refractivity contribution >= 4 is 28.2 Å². The number of aromatic nitrogens is 2. The van der Waals surface area contributed by atoms with Gasteiger partial charge in [-0.1, -0.05) is 30.3 Å². The van der Waals surface area contributed by atoms with Crippen LogP contribution in [0.3, 0.4) is 0 Å². The zero-order valence-electron chi connectivity index (χ0n) is 17.7. The Morgan fingerprint density at radius 3 is 2.47 bits per heavy atom. The highest BCUT2D eigenvalue weighted by molar-refractivity contribution is 5.93. The lowest BCUT2D eigenvalue weighted by Crippen LogP contribution is -3.10. The largest absolute Gasteiger partial charge is 0.506 e. The number of benzene rings is 2. The summed E-state index contributed by atoms with van der Waals surface area (Å²) in [6, 6.07) is 15.5.